The lowest BCUT2D eigenvalue weighted by Gasteiger charge is -2.20. The summed E-state index contributed by atoms with van der Waals surface area (Å²) >= 11 is 0. The van der Waals surface area contributed by atoms with Gasteiger partial charge in [-0.25, -0.2) is 13.6 Å². The third kappa shape index (κ3) is 4.34. The maximum Gasteiger partial charge on any atom is 0.319 e. The van der Waals surface area contributed by atoms with Crippen molar-refractivity contribution in [2.45, 2.75) is 18.9 Å². The summed E-state index contributed by atoms with van der Waals surface area (Å²) in [6, 6.07) is 6.32. The van der Waals surface area contributed by atoms with Gasteiger partial charge in [-0.05, 0) is 31.2 Å². The van der Waals surface area contributed by atoms with E-state index in [2.05, 4.69) is 16.0 Å². The number of Topliss-reactive ketones (excluding diaryl/α,β-unsaturated/α-hetero) is 1. The highest BCUT2D eigenvalue weighted by Gasteiger charge is 2.40. The number of nitrogens with one attached hydrogen (secondary N) is 3. The van der Waals surface area contributed by atoms with E-state index < -0.39 is 35.5 Å². The molecule has 3 amide bonds. The maximum absolute atomic E-state index is 14.4. The number of ketones is 1. The van der Waals surface area contributed by atoms with E-state index in [0.717, 1.165) is 12.1 Å². The minimum atomic E-state index is -1.16. The van der Waals surface area contributed by atoms with E-state index in [0.29, 0.717) is 11.3 Å². The molecule has 0 aliphatic carbocycles. The van der Waals surface area contributed by atoms with E-state index in [1.807, 2.05) is 0 Å². The minimum absolute atomic E-state index is 0.0114. The van der Waals surface area contributed by atoms with Crippen molar-refractivity contribution < 1.29 is 27.9 Å². The number of benzene rings is 2. The highest BCUT2D eigenvalue weighted by Crippen LogP contribution is 2.31. The standard InChI is InChI=1S/C20H19F2N3O4/c1-10(26)11-3-5-12(6-4-11)24-20(28)25-18-14(9-23-19(18)27)17-15(21)7-13(29-2)8-16(17)22/h3-8,14,18H,9H2,1-2H3,(H,23,27)(H2,24,25,28). The van der Waals surface area contributed by atoms with Crippen LogP contribution in [0.4, 0.5) is 19.3 Å². The van der Waals surface area contributed by atoms with Crippen LogP contribution in [0.3, 0.4) is 0 Å². The zero-order valence-electron chi connectivity index (χ0n) is 15.7. The summed E-state index contributed by atoms with van der Waals surface area (Å²) in [5, 5.41) is 7.49. The lowest BCUT2D eigenvalue weighted by molar-refractivity contribution is -0.120. The monoisotopic (exact) mass is 403 g/mol. The second-order valence-electron chi connectivity index (χ2n) is 6.57. The van der Waals surface area contributed by atoms with Gasteiger partial charge in [-0.2, -0.15) is 0 Å². The van der Waals surface area contributed by atoms with Crippen molar-refractivity contribution in [1.29, 1.82) is 0 Å². The Morgan fingerprint density at radius 2 is 1.76 bits per heavy atom. The molecule has 1 fully saturated rings. The van der Waals surface area contributed by atoms with Crippen LogP contribution < -0.4 is 20.7 Å². The molecule has 3 rings (SSSR count). The van der Waals surface area contributed by atoms with Crippen LogP contribution in [0.5, 0.6) is 5.75 Å². The third-order valence-corrected chi connectivity index (χ3v) is 4.68. The fraction of sp³-hybridized carbons (Fsp3) is 0.250. The van der Waals surface area contributed by atoms with E-state index in [1.54, 1.807) is 12.1 Å². The van der Waals surface area contributed by atoms with Crippen LogP contribution >= 0.6 is 0 Å². The first-order valence-electron chi connectivity index (χ1n) is 8.79. The van der Waals surface area contributed by atoms with Crippen molar-refractivity contribution in [2.24, 2.45) is 0 Å². The van der Waals surface area contributed by atoms with Crippen molar-refractivity contribution in [3.8, 4) is 5.75 Å². The highest BCUT2D eigenvalue weighted by molar-refractivity contribution is 5.97. The second kappa shape index (κ2) is 8.26. The van der Waals surface area contributed by atoms with Crippen molar-refractivity contribution >= 4 is 23.4 Å². The third-order valence-electron chi connectivity index (χ3n) is 4.68. The topological polar surface area (TPSA) is 96.5 Å². The van der Waals surface area contributed by atoms with Gasteiger partial charge in [-0.15, -0.1) is 0 Å². The second-order valence-corrected chi connectivity index (χ2v) is 6.57. The molecule has 7 nitrogen and oxygen atoms in total. The van der Waals surface area contributed by atoms with Crippen LogP contribution in [0.15, 0.2) is 36.4 Å². The van der Waals surface area contributed by atoms with Gasteiger partial charge < -0.3 is 20.7 Å². The zero-order valence-corrected chi connectivity index (χ0v) is 15.7. The Morgan fingerprint density at radius 1 is 1.14 bits per heavy atom. The number of anilines is 1. The van der Waals surface area contributed by atoms with E-state index in [-0.39, 0.29) is 23.6 Å². The number of urea groups is 1. The molecular formula is C20H19F2N3O4. The van der Waals surface area contributed by atoms with Crippen LogP contribution in [0.1, 0.15) is 28.8 Å². The first-order valence-corrected chi connectivity index (χ1v) is 8.79. The first-order chi connectivity index (χ1) is 13.8. The molecular weight excluding hydrogens is 384 g/mol. The van der Waals surface area contributed by atoms with Crippen molar-refractivity contribution in [2.75, 3.05) is 19.0 Å². The molecule has 1 saturated heterocycles. The normalized spacial score (nSPS) is 18.1. The number of amides is 3. The van der Waals surface area contributed by atoms with E-state index in [9.17, 15) is 23.2 Å². The summed E-state index contributed by atoms with van der Waals surface area (Å²) in [5.74, 6) is -3.32. The Labute approximate surface area is 165 Å². The summed E-state index contributed by atoms with van der Waals surface area (Å²) in [4.78, 5) is 35.8. The fourth-order valence-electron chi connectivity index (χ4n) is 3.19. The smallest absolute Gasteiger partial charge is 0.319 e. The van der Waals surface area contributed by atoms with Crippen LogP contribution in [0, 0.1) is 11.6 Å². The molecule has 0 radical (unpaired) electrons. The van der Waals surface area contributed by atoms with E-state index >= 15 is 0 Å². The molecule has 9 heteroatoms. The molecule has 1 heterocycles. The van der Waals surface area contributed by atoms with Crippen LogP contribution in [0.2, 0.25) is 0 Å². The molecule has 0 bridgehead atoms. The Kier molecular flexibility index (Phi) is 5.76. The van der Waals surface area contributed by atoms with Crippen molar-refractivity contribution in [1.82, 2.24) is 10.6 Å². The largest absolute Gasteiger partial charge is 0.497 e. The summed E-state index contributed by atoms with van der Waals surface area (Å²) in [7, 11) is 1.28. The van der Waals surface area contributed by atoms with Gasteiger partial charge in [-0.3, -0.25) is 9.59 Å². The Hall–Kier alpha value is -3.49. The van der Waals surface area contributed by atoms with Gasteiger partial charge >= 0.3 is 6.03 Å². The molecule has 2 aromatic rings. The SMILES string of the molecule is COc1cc(F)c(C2CNC(=O)C2NC(=O)Nc2ccc(C(C)=O)cc2)c(F)c1. The minimum Gasteiger partial charge on any atom is -0.497 e. The Bertz CT molecular complexity index is 940. The summed E-state index contributed by atoms with van der Waals surface area (Å²) in [6.45, 7) is 1.39. The molecule has 1 aliphatic heterocycles. The number of halogens is 2. The van der Waals surface area contributed by atoms with Crippen molar-refractivity contribution in [3.63, 3.8) is 0 Å². The lowest BCUT2D eigenvalue weighted by Crippen LogP contribution is -2.45. The average molecular weight is 403 g/mol. The van der Waals surface area contributed by atoms with Gasteiger partial charge in [0.15, 0.2) is 5.78 Å². The summed E-state index contributed by atoms with van der Waals surface area (Å²) in [6.07, 6.45) is 0. The van der Waals surface area contributed by atoms with E-state index in [4.69, 9.17) is 4.74 Å². The predicted molar refractivity (Wildman–Crippen MR) is 101 cm³/mol. The summed E-state index contributed by atoms with van der Waals surface area (Å²) < 4.78 is 33.7. The number of carbonyl (C=O) groups is 3. The lowest BCUT2D eigenvalue weighted by atomic mass is 9.93. The Balaban J connectivity index is 1.76. The average Bonchev–Trinajstić information content (AvgIpc) is 3.01. The number of carbonyl (C=O) groups excluding carboxylic acids is 3. The summed E-state index contributed by atoms with van der Waals surface area (Å²) in [5.41, 5.74) is 0.571. The quantitative estimate of drug-likeness (QED) is 0.669. The number of hydrogen-bond donors (Lipinski definition) is 3. The van der Waals surface area contributed by atoms with Gasteiger partial charge in [0, 0.05) is 41.4 Å². The molecule has 0 spiro atoms. The molecule has 2 atom stereocenters. The van der Waals surface area contributed by atoms with E-state index in [1.165, 1.54) is 26.2 Å². The van der Waals surface area contributed by atoms with Gasteiger partial charge in [0.05, 0.1) is 7.11 Å². The number of rotatable bonds is 5. The molecule has 29 heavy (non-hydrogen) atoms. The first kappa shape index (κ1) is 20.2. The molecule has 152 valence electrons. The Morgan fingerprint density at radius 3 is 2.31 bits per heavy atom. The van der Waals surface area contributed by atoms with Crippen LogP contribution in [-0.2, 0) is 4.79 Å². The molecule has 2 aromatic carbocycles. The van der Waals surface area contributed by atoms with Gasteiger partial charge in [0.25, 0.3) is 0 Å². The van der Waals surface area contributed by atoms with Gasteiger partial charge in [0.1, 0.15) is 23.4 Å². The number of ether oxygens (including phenoxy) is 1. The maximum atomic E-state index is 14.4. The predicted octanol–water partition coefficient (Wildman–Crippen LogP) is 2.58. The molecule has 3 N–H and O–H groups in total. The molecule has 1 aliphatic rings. The van der Waals surface area contributed by atoms with Gasteiger partial charge in [0.2, 0.25) is 5.91 Å². The molecule has 0 aromatic heterocycles. The fourth-order valence-corrected chi connectivity index (χ4v) is 3.19. The number of methoxy groups -OCH3 is 1. The van der Waals surface area contributed by atoms with Crippen LogP contribution in [-0.4, -0.2) is 37.4 Å². The van der Waals surface area contributed by atoms with Gasteiger partial charge in [-0.1, -0.05) is 0 Å². The molecule has 0 saturated carbocycles. The number of hydrogen-bond acceptors (Lipinski definition) is 4. The van der Waals surface area contributed by atoms with Crippen LogP contribution in [0.25, 0.3) is 0 Å². The zero-order chi connectivity index (χ0) is 21.1. The highest BCUT2D eigenvalue weighted by atomic mass is 19.1. The molecule has 2 unspecified atom stereocenters. The van der Waals surface area contributed by atoms with Crippen molar-refractivity contribution in [3.05, 3.63) is 59.2 Å².